The Kier molecular flexibility index (Phi) is 3.93. The number of H-pyrrole nitrogens is 1. The van der Waals surface area contributed by atoms with E-state index in [1.165, 1.54) is 0 Å². The van der Waals surface area contributed by atoms with Crippen LogP contribution in [0.3, 0.4) is 0 Å². The fourth-order valence-corrected chi connectivity index (χ4v) is 2.51. The minimum atomic E-state index is -0.00338. The maximum Gasteiger partial charge on any atom is 0.270 e. The fourth-order valence-electron chi connectivity index (χ4n) is 2.51. The van der Waals surface area contributed by atoms with Crippen molar-refractivity contribution >= 4 is 11.8 Å². The van der Waals surface area contributed by atoms with Crippen molar-refractivity contribution in [3.8, 4) is 0 Å². The molecule has 0 aliphatic carbocycles. The molecule has 1 aromatic rings. The van der Waals surface area contributed by atoms with E-state index in [1.807, 2.05) is 26.8 Å². The number of aromatic nitrogens is 1. The molecular formula is C14H21N3O2. The molecule has 1 fully saturated rings. The molecular weight excluding hydrogens is 242 g/mol. The molecule has 1 aromatic heterocycles. The molecule has 0 radical (unpaired) electrons. The summed E-state index contributed by atoms with van der Waals surface area (Å²) in [6.45, 7) is 8.28. The van der Waals surface area contributed by atoms with Crippen LogP contribution in [0.5, 0.6) is 0 Å². The Balaban J connectivity index is 2.12. The van der Waals surface area contributed by atoms with Crippen LogP contribution < -0.4 is 0 Å². The van der Waals surface area contributed by atoms with Gasteiger partial charge in [0.1, 0.15) is 5.69 Å². The average molecular weight is 263 g/mol. The largest absolute Gasteiger partial charge is 0.354 e. The molecule has 5 nitrogen and oxygen atoms in total. The van der Waals surface area contributed by atoms with Crippen molar-refractivity contribution in [1.29, 1.82) is 0 Å². The van der Waals surface area contributed by atoms with E-state index in [1.54, 1.807) is 9.80 Å². The first-order chi connectivity index (χ1) is 9.02. The van der Waals surface area contributed by atoms with Gasteiger partial charge in [0.2, 0.25) is 5.91 Å². The molecule has 0 bridgehead atoms. The third-order valence-corrected chi connectivity index (χ3v) is 3.62. The van der Waals surface area contributed by atoms with Gasteiger partial charge in [-0.25, -0.2) is 0 Å². The topological polar surface area (TPSA) is 56.4 Å². The second kappa shape index (κ2) is 5.47. The van der Waals surface area contributed by atoms with Gasteiger partial charge < -0.3 is 14.8 Å². The Morgan fingerprint density at radius 2 is 2.05 bits per heavy atom. The molecule has 0 aromatic carbocycles. The van der Waals surface area contributed by atoms with Crippen LogP contribution in [-0.2, 0) is 4.79 Å². The minimum Gasteiger partial charge on any atom is -0.354 e. The maximum atomic E-state index is 12.5. The Morgan fingerprint density at radius 1 is 1.32 bits per heavy atom. The van der Waals surface area contributed by atoms with Gasteiger partial charge in [-0.1, -0.05) is 0 Å². The summed E-state index contributed by atoms with van der Waals surface area (Å²) in [7, 11) is 0. The summed E-state index contributed by atoms with van der Waals surface area (Å²) in [4.78, 5) is 30.9. The van der Waals surface area contributed by atoms with Gasteiger partial charge in [0, 0.05) is 38.3 Å². The number of nitrogens with zero attached hydrogens (tertiary/aromatic N) is 2. The number of aromatic amines is 1. The lowest BCUT2D eigenvalue weighted by Gasteiger charge is -2.21. The zero-order valence-electron chi connectivity index (χ0n) is 11.8. The Labute approximate surface area is 113 Å². The van der Waals surface area contributed by atoms with E-state index in [2.05, 4.69) is 4.98 Å². The number of nitrogens with one attached hydrogen (secondary N) is 1. The first-order valence-corrected chi connectivity index (χ1v) is 6.76. The van der Waals surface area contributed by atoms with Crippen molar-refractivity contribution in [3.63, 3.8) is 0 Å². The molecule has 1 aliphatic heterocycles. The van der Waals surface area contributed by atoms with Gasteiger partial charge in [-0.2, -0.15) is 0 Å². The molecule has 104 valence electrons. The summed E-state index contributed by atoms with van der Waals surface area (Å²) in [5.41, 5.74) is 2.60. The molecule has 1 aliphatic rings. The molecule has 2 rings (SSSR count). The summed E-state index contributed by atoms with van der Waals surface area (Å²) in [5.74, 6) is 0.133. The molecule has 1 saturated heterocycles. The van der Waals surface area contributed by atoms with E-state index >= 15 is 0 Å². The fraction of sp³-hybridized carbons (Fsp3) is 0.571. The lowest BCUT2D eigenvalue weighted by molar-refractivity contribution is -0.130. The maximum absolute atomic E-state index is 12.5. The van der Waals surface area contributed by atoms with Crippen LogP contribution in [0.1, 0.15) is 35.1 Å². The highest BCUT2D eigenvalue weighted by Crippen LogP contribution is 2.14. The van der Waals surface area contributed by atoms with Crippen molar-refractivity contribution in [3.05, 3.63) is 23.0 Å². The lowest BCUT2D eigenvalue weighted by Crippen LogP contribution is -2.36. The highest BCUT2D eigenvalue weighted by molar-refractivity contribution is 5.94. The van der Waals surface area contributed by atoms with Gasteiger partial charge in [-0.15, -0.1) is 0 Å². The van der Waals surface area contributed by atoms with Crippen LogP contribution in [0, 0.1) is 13.8 Å². The van der Waals surface area contributed by atoms with Crippen molar-refractivity contribution < 1.29 is 9.59 Å². The van der Waals surface area contributed by atoms with Crippen LogP contribution in [0.2, 0.25) is 0 Å². The standard InChI is InChI=1S/C14H21N3O2/c1-4-16-7-8-17(6-5-12(16)18)14(19)13-10(2)9-11(3)15-13/h9,15H,4-8H2,1-3H3. The zero-order chi connectivity index (χ0) is 14.0. The second-order valence-corrected chi connectivity index (χ2v) is 5.03. The number of carbonyl (C=O) groups excluding carboxylic acids is 2. The van der Waals surface area contributed by atoms with Crippen molar-refractivity contribution in [2.45, 2.75) is 27.2 Å². The second-order valence-electron chi connectivity index (χ2n) is 5.03. The summed E-state index contributed by atoms with van der Waals surface area (Å²) >= 11 is 0. The Morgan fingerprint density at radius 3 is 2.63 bits per heavy atom. The number of amides is 2. The number of aryl methyl sites for hydroxylation is 2. The number of hydrogen-bond donors (Lipinski definition) is 1. The van der Waals surface area contributed by atoms with Crippen LogP contribution >= 0.6 is 0 Å². The normalized spacial score (nSPS) is 16.7. The van der Waals surface area contributed by atoms with E-state index in [0.29, 0.717) is 38.3 Å². The van der Waals surface area contributed by atoms with Gasteiger partial charge >= 0.3 is 0 Å². The van der Waals surface area contributed by atoms with Crippen LogP contribution in [0.25, 0.3) is 0 Å². The average Bonchev–Trinajstić information content (AvgIpc) is 2.59. The Hall–Kier alpha value is -1.78. The van der Waals surface area contributed by atoms with Crippen LogP contribution in [-0.4, -0.2) is 52.8 Å². The minimum absolute atomic E-state index is 0.00338. The quantitative estimate of drug-likeness (QED) is 0.875. The number of carbonyl (C=O) groups is 2. The third kappa shape index (κ3) is 2.80. The summed E-state index contributed by atoms with van der Waals surface area (Å²) < 4.78 is 0. The predicted octanol–water partition coefficient (Wildman–Crippen LogP) is 1.33. The number of likely N-dealkylation sites (N-methyl/N-ethyl adjacent to an activating group) is 1. The lowest BCUT2D eigenvalue weighted by atomic mass is 10.2. The highest BCUT2D eigenvalue weighted by Gasteiger charge is 2.25. The van der Waals surface area contributed by atoms with Crippen LogP contribution in [0.15, 0.2) is 6.07 Å². The smallest absolute Gasteiger partial charge is 0.270 e. The van der Waals surface area contributed by atoms with Gasteiger partial charge in [-0.05, 0) is 32.4 Å². The van der Waals surface area contributed by atoms with E-state index in [0.717, 1.165) is 11.3 Å². The van der Waals surface area contributed by atoms with E-state index < -0.39 is 0 Å². The first kappa shape index (κ1) is 13.6. The molecule has 0 unspecified atom stereocenters. The molecule has 0 atom stereocenters. The van der Waals surface area contributed by atoms with Crippen molar-refractivity contribution in [2.75, 3.05) is 26.2 Å². The molecule has 0 spiro atoms. The van der Waals surface area contributed by atoms with Crippen molar-refractivity contribution in [1.82, 2.24) is 14.8 Å². The molecule has 19 heavy (non-hydrogen) atoms. The summed E-state index contributed by atoms with van der Waals surface area (Å²) in [6.07, 6.45) is 0.415. The number of hydrogen-bond acceptors (Lipinski definition) is 2. The summed E-state index contributed by atoms with van der Waals surface area (Å²) in [6, 6.07) is 1.97. The zero-order valence-corrected chi connectivity index (χ0v) is 11.8. The SMILES string of the molecule is CCN1CCN(C(=O)c2[nH]c(C)cc2C)CCC1=O. The predicted molar refractivity (Wildman–Crippen MR) is 73.0 cm³/mol. The van der Waals surface area contributed by atoms with E-state index in [4.69, 9.17) is 0 Å². The highest BCUT2D eigenvalue weighted by atomic mass is 16.2. The first-order valence-electron chi connectivity index (χ1n) is 6.76. The van der Waals surface area contributed by atoms with Gasteiger partial charge in [0.15, 0.2) is 0 Å². The van der Waals surface area contributed by atoms with Crippen molar-refractivity contribution in [2.24, 2.45) is 0 Å². The number of rotatable bonds is 2. The third-order valence-electron chi connectivity index (χ3n) is 3.62. The molecule has 0 saturated carbocycles. The van der Waals surface area contributed by atoms with Gasteiger partial charge in [0.25, 0.3) is 5.91 Å². The monoisotopic (exact) mass is 263 g/mol. The molecule has 1 N–H and O–H groups in total. The summed E-state index contributed by atoms with van der Waals surface area (Å²) in [5, 5.41) is 0. The molecule has 2 heterocycles. The van der Waals surface area contributed by atoms with Gasteiger partial charge in [0.05, 0.1) is 0 Å². The Bertz CT molecular complexity index is 493. The molecule has 5 heteroatoms. The van der Waals surface area contributed by atoms with E-state index in [9.17, 15) is 9.59 Å². The van der Waals surface area contributed by atoms with Gasteiger partial charge in [-0.3, -0.25) is 9.59 Å². The van der Waals surface area contributed by atoms with Crippen LogP contribution in [0.4, 0.5) is 0 Å². The molecule has 2 amide bonds. The van der Waals surface area contributed by atoms with E-state index in [-0.39, 0.29) is 11.8 Å².